The zero-order chi connectivity index (χ0) is 15.6. The van der Waals surface area contributed by atoms with Gasteiger partial charge in [0.2, 0.25) is 0 Å². The molecule has 2 rings (SSSR count). The van der Waals surface area contributed by atoms with Crippen molar-refractivity contribution in [2.24, 2.45) is 0 Å². The standard InChI is InChI=1S/C13H12BrNO4S2/c1-8-7-10(20-12(8)14)21(18,19)15-11(13(16)17)9-5-3-2-4-6-9/h2-7,11,15H,1H3,(H,16,17). The second-order valence-electron chi connectivity index (χ2n) is 4.33. The minimum absolute atomic E-state index is 0.0778. The number of benzene rings is 1. The van der Waals surface area contributed by atoms with Gasteiger partial charge in [-0.2, -0.15) is 4.72 Å². The fourth-order valence-electron chi connectivity index (χ4n) is 1.68. The highest BCUT2D eigenvalue weighted by atomic mass is 79.9. The monoisotopic (exact) mass is 389 g/mol. The normalized spacial score (nSPS) is 13.0. The minimum atomic E-state index is -3.90. The molecule has 0 radical (unpaired) electrons. The molecular weight excluding hydrogens is 378 g/mol. The Kier molecular flexibility index (Phi) is 4.82. The van der Waals surface area contributed by atoms with Gasteiger partial charge in [-0.15, -0.1) is 11.3 Å². The van der Waals surface area contributed by atoms with E-state index in [-0.39, 0.29) is 4.21 Å². The summed E-state index contributed by atoms with van der Waals surface area (Å²) in [5, 5.41) is 9.26. The highest BCUT2D eigenvalue weighted by Crippen LogP contribution is 2.31. The quantitative estimate of drug-likeness (QED) is 0.823. The van der Waals surface area contributed by atoms with Crippen LogP contribution in [-0.4, -0.2) is 19.5 Å². The van der Waals surface area contributed by atoms with Crippen LogP contribution in [0.2, 0.25) is 0 Å². The first-order valence-corrected chi connectivity index (χ1v) is 8.96. The van der Waals surface area contributed by atoms with E-state index in [1.165, 1.54) is 6.07 Å². The van der Waals surface area contributed by atoms with Gasteiger partial charge in [-0.1, -0.05) is 30.3 Å². The molecule has 0 aliphatic rings. The van der Waals surface area contributed by atoms with Crippen molar-refractivity contribution in [1.29, 1.82) is 0 Å². The zero-order valence-corrected chi connectivity index (χ0v) is 14.1. The number of hydrogen-bond donors (Lipinski definition) is 2. The number of sulfonamides is 1. The molecule has 2 aromatic rings. The van der Waals surface area contributed by atoms with Crippen LogP contribution in [-0.2, 0) is 14.8 Å². The molecule has 8 heteroatoms. The molecule has 0 fully saturated rings. The smallest absolute Gasteiger partial charge is 0.326 e. The number of aryl methyl sites for hydroxylation is 1. The van der Waals surface area contributed by atoms with Gasteiger partial charge in [0.15, 0.2) is 0 Å². The molecule has 1 atom stereocenters. The van der Waals surface area contributed by atoms with Crippen LogP contribution < -0.4 is 4.72 Å². The molecule has 0 saturated heterocycles. The number of nitrogens with one attached hydrogen (secondary N) is 1. The molecular formula is C13H12BrNO4S2. The van der Waals surface area contributed by atoms with Gasteiger partial charge in [-0.3, -0.25) is 4.79 Å². The number of aliphatic carboxylic acids is 1. The maximum atomic E-state index is 12.3. The van der Waals surface area contributed by atoms with Gasteiger partial charge in [-0.05, 0) is 40.0 Å². The molecule has 1 aromatic heterocycles. The van der Waals surface area contributed by atoms with Crippen molar-refractivity contribution in [3.05, 3.63) is 51.3 Å². The molecule has 21 heavy (non-hydrogen) atoms. The zero-order valence-electron chi connectivity index (χ0n) is 10.9. The van der Waals surface area contributed by atoms with Crippen molar-refractivity contribution in [2.45, 2.75) is 17.2 Å². The summed E-state index contributed by atoms with van der Waals surface area (Å²) in [6.45, 7) is 1.77. The fraction of sp³-hybridized carbons (Fsp3) is 0.154. The molecule has 0 aliphatic heterocycles. The van der Waals surface area contributed by atoms with Crippen LogP contribution in [0.3, 0.4) is 0 Å². The lowest BCUT2D eigenvalue weighted by molar-refractivity contribution is -0.139. The van der Waals surface area contributed by atoms with Crippen LogP contribution in [0.25, 0.3) is 0 Å². The van der Waals surface area contributed by atoms with E-state index < -0.39 is 22.0 Å². The van der Waals surface area contributed by atoms with Gasteiger partial charge in [0, 0.05) is 0 Å². The van der Waals surface area contributed by atoms with Crippen molar-refractivity contribution in [3.63, 3.8) is 0 Å². The summed E-state index contributed by atoms with van der Waals surface area (Å²) >= 11 is 4.30. The number of carboxylic acid groups (broad SMARTS) is 1. The first-order valence-electron chi connectivity index (χ1n) is 5.87. The summed E-state index contributed by atoms with van der Waals surface area (Å²) in [4.78, 5) is 11.3. The highest BCUT2D eigenvalue weighted by molar-refractivity contribution is 9.11. The Bertz CT molecular complexity index is 736. The topological polar surface area (TPSA) is 83.5 Å². The number of carbonyl (C=O) groups is 1. The predicted molar refractivity (Wildman–Crippen MR) is 83.9 cm³/mol. The van der Waals surface area contributed by atoms with E-state index in [0.717, 1.165) is 16.9 Å². The van der Waals surface area contributed by atoms with Crippen molar-refractivity contribution >= 4 is 43.3 Å². The van der Waals surface area contributed by atoms with Gasteiger partial charge in [0.05, 0.1) is 3.79 Å². The number of thiophene rings is 1. The molecule has 0 bridgehead atoms. The van der Waals surface area contributed by atoms with Gasteiger partial charge in [0.25, 0.3) is 10.0 Å². The van der Waals surface area contributed by atoms with E-state index in [4.69, 9.17) is 0 Å². The Hall–Kier alpha value is -1.22. The molecule has 0 saturated carbocycles. The highest BCUT2D eigenvalue weighted by Gasteiger charge is 2.28. The van der Waals surface area contributed by atoms with Crippen molar-refractivity contribution < 1.29 is 18.3 Å². The Balaban J connectivity index is 2.35. The summed E-state index contributed by atoms with van der Waals surface area (Å²) in [7, 11) is -3.90. The molecule has 5 nitrogen and oxygen atoms in total. The fourth-order valence-corrected chi connectivity index (χ4v) is 5.10. The molecule has 0 amide bonds. The van der Waals surface area contributed by atoms with E-state index in [0.29, 0.717) is 9.35 Å². The van der Waals surface area contributed by atoms with Gasteiger partial charge >= 0.3 is 5.97 Å². The number of carboxylic acids is 1. The third kappa shape index (κ3) is 3.70. The molecule has 0 aliphatic carbocycles. The van der Waals surface area contributed by atoms with E-state index in [1.54, 1.807) is 37.3 Å². The summed E-state index contributed by atoms with van der Waals surface area (Å²) in [6.07, 6.45) is 0. The summed E-state index contributed by atoms with van der Waals surface area (Å²) in [5.41, 5.74) is 1.16. The SMILES string of the molecule is Cc1cc(S(=O)(=O)NC(C(=O)O)c2ccccc2)sc1Br. The molecule has 1 heterocycles. The Morgan fingerprint density at radius 3 is 2.43 bits per heavy atom. The third-order valence-corrected chi connectivity index (χ3v) is 6.79. The minimum Gasteiger partial charge on any atom is -0.480 e. The molecule has 1 aromatic carbocycles. The molecule has 112 valence electrons. The Labute approximate surface area is 134 Å². The Morgan fingerprint density at radius 1 is 1.33 bits per heavy atom. The third-order valence-electron chi connectivity index (χ3n) is 2.75. The average Bonchev–Trinajstić information content (AvgIpc) is 2.78. The molecule has 0 spiro atoms. The van der Waals surface area contributed by atoms with E-state index in [2.05, 4.69) is 20.7 Å². The second kappa shape index (κ2) is 6.27. The van der Waals surface area contributed by atoms with Crippen LogP contribution in [0, 0.1) is 6.92 Å². The number of hydrogen-bond acceptors (Lipinski definition) is 4. The molecule has 1 unspecified atom stereocenters. The van der Waals surface area contributed by atoms with Gasteiger partial charge in [-0.25, -0.2) is 8.42 Å². The first kappa shape index (κ1) is 16.2. The van der Waals surface area contributed by atoms with Crippen LogP contribution in [0.5, 0.6) is 0 Å². The van der Waals surface area contributed by atoms with Crippen LogP contribution >= 0.6 is 27.3 Å². The Morgan fingerprint density at radius 2 is 1.95 bits per heavy atom. The summed E-state index contributed by atoms with van der Waals surface area (Å²) in [5.74, 6) is -1.25. The average molecular weight is 390 g/mol. The van der Waals surface area contributed by atoms with Gasteiger partial charge in [0.1, 0.15) is 10.3 Å². The van der Waals surface area contributed by atoms with E-state index in [9.17, 15) is 18.3 Å². The lowest BCUT2D eigenvalue weighted by Crippen LogP contribution is -2.33. The van der Waals surface area contributed by atoms with Crippen molar-refractivity contribution in [1.82, 2.24) is 4.72 Å². The van der Waals surface area contributed by atoms with E-state index >= 15 is 0 Å². The largest absolute Gasteiger partial charge is 0.480 e. The van der Waals surface area contributed by atoms with Crippen molar-refractivity contribution in [3.8, 4) is 0 Å². The first-order chi connectivity index (χ1) is 9.81. The number of halogens is 1. The lowest BCUT2D eigenvalue weighted by atomic mass is 10.1. The maximum absolute atomic E-state index is 12.3. The van der Waals surface area contributed by atoms with Crippen molar-refractivity contribution in [2.75, 3.05) is 0 Å². The number of rotatable bonds is 5. The van der Waals surface area contributed by atoms with Gasteiger partial charge < -0.3 is 5.11 Å². The maximum Gasteiger partial charge on any atom is 0.326 e. The summed E-state index contributed by atoms with van der Waals surface area (Å²) < 4.78 is 27.6. The van der Waals surface area contributed by atoms with Crippen LogP contribution in [0.4, 0.5) is 0 Å². The molecule has 2 N–H and O–H groups in total. The van der Waals surface area contributed by atoms with Crippen LogP contribution in [0.1, 0.15) is 17.2 Å². The van der Waals surface area contributed by atoms with E-state index in [1.807, 2.05) is 0 Å². The second-order valence-corrected chi connectivity index (χ2v) is 8.64. The summed E-state index contributed by atoms with van der Waals surface area (Å²) in [6, 6.07) is 8.36. The predicted octanol–water partition coefficient (Wildman–Crippen LogP) is 2.92. The lowest BCUT2D eigenvalue weighted by Gasteiger charge is -2.14. The van der Waals surface area contributed by atoms with Crippen LogP contribution in [0.15, 0.2) is 44.4 Å².